The van der Waals surface area contributed by atoms with Crippen LogP contribution in [0.15, 0.2) is 30.3 Å². The van der Waals surface area contributed by atoms with Crippen LogP contribution in [0.25, 0.3) is 11.3 Å². The van der Waals surface area contributed by atoms with E-state index in [9.17, 15) is 0 Å². The summed E-state index contributed by atoms with van der Waals surface area (Å²) in [5.74, 6) is 2.53. The Kier molecular flexibility index (Phi) is 5.26. The molecule has 6 heteroatoms. The summed E-state index contributed by atoms with van der Waals surface area (Å²) in [4.78, 5) is 2.52. The lowest BCUT2D eigenvalue weighted by Gasteiger charge is -2.25. The van der Waals surface area contributed by atoms with Crippen molar-refractivity contribution in [3.05, 3.63) is 36.0 Å². The van der Waals surface area contributed by atoms with E-state index in [1.807, 2.05) is 18.2 Å². The predicted octanol–water partition coefficient (Wildman–Crippen LogP) is 1.61. The van der Waals surface area contributed by atoms with Gasteiger partial charge in [-0.15, -0.1) is 0 Å². The first-order valence-electron chi connectivity index (χ1n) is 7.39. The molecule has 1 aromatic heterocycles. The van der Waals surface area contributed by atoms with Crippen molar-refractivity contribution >= 4 is 11.8 Å². The maximum absolute atomic E-state index is 4.27. The number of hydrogen-bond donors (Lipinski definition) is 2. The Hall–Kier alpha value is -1.37. The molecular formula is C15H21N5S. The molecule has 1 aliphatic heterocycles. The molecule has 2 heterocycles. The number of hydrogen-bond acceptors (Lipinski definition) is 5. The highest BCUT2D eigenvalue weighted by molar-refractivity contribution is 7.99. The highest BCUT2D eigenvalue weighted by atomic mass is 32.2. The van der Waals surface area contributed by atoms with Crippen LogP contribution in [0.5, 0.6) is 0 Å². The molecule has 0 saturated carbocycles. The molecule has 112 valence electrons. The third-order valence-electron chi connectivity index (χ3n) is 3.67. The van der Waals surface area contributed by atoms with Gasteiger partial charge >= 0.3 is 0 Å². The maximum Gasteiger partial charge on any atom is 0.117 e. The van der Waals surface area contributed by atoms with Crippen molar-refractivity contribution in [2.24, 2.45) is 0 Å². The van der Waals surface area contributed by atoms with Gasteiger partial charge in [0.05, 0.1) is 0 Å². The molecule has 2 N–H and O–H groups in total. The van der Waals surface area contributed by atoms with E-state index in [2.05, 4.69) is 49.5 Å². The molecule has 3 rings (SSSR count). The lowest BCUT2D eigenvalue weighted by molar-refractivity contribution is 0.301. The van der Waals surface area contributed by atoms with Gasteiger partial charge in [0.15, 0.2) is 0 Å². The normalized spacial score (nSPS) is 16.2. The van der Waals surface area contributed by atoms with Crippen LogP contribution in [0.2, 0.25) is 0 Å². The van der Waals surface area contributed by atoms with Crippen molar-refractivity contribution in [3.8, 4) is 11.3 Å². The number of thioether (sulfide) groups is 1. The molecule has 2 aromatic rings. The summed E-state index contributed by atoms with van der Waals surface area (Å²) >= 11 is 2.05. The SMILES string of the molecule is c1ccc(-c2n[nH]nc2CNCCN2CCSCC2)cc1. The fraction of sp³-hybridized carbons (Fsp3) is 0.467. The zero-order valence-electron chi connectivity index (χ0n) is 12.1. The Morgan fingerprint density at radius 1 is 1.14 bits per heavy atom. The van der Waals surface area contributed by atoms with E-state index < -0.39 is 0 Å². The second-order valence-corrected chi connectivity index (χ2v) is 6.34. The molecule has 21 heavy (non-hydrogen) atoms. The molecule has 1 saturated heterocycles. The lowest BCUT2D eigenvalue weighted by Crippen LogP contribution is -2.37. The Labute approximate surface area is 129 Å². The molecule has 0 radical (unpaired) electrons. The van der Waals surface area contributed by atoms with Gasteiger partial charge in [0.25, 0.3) is 0 Å². The Morgan fingerprint density at radius 2 is 1.95 bits per heavy atom. The molecule has 1 aliphatic rings. The first-order chi connectivity index (χ1) is 10.4. The zero-order valence-corrected chi connectivity index (χ0v) is 12.9. The zero-order chi connectivity index (χ0) is 14.3. The van der Waals surface area contributed by atoms with Gasteiger partial charge in [0.1, 0.15) is 11.4 Å². The largest absolute Gasteiger partial charge is 0.310 e. The summed E-state index contributed by atoms with van der Waals surface area (Å²) in [5.41, 5.74) is 3.03. The standard InChI is InChI=1S/C15H21N5S/c1-2-4-13(5-3-1)15-14(17-19-18-15)12-16-6-7-20-8-10-21-11-9-20/h1-5,16H,6-12H2,(H,17,18,19). The van der Waals surface area contributed by atoms with Gasteiger partial charge in [-0.1, -0.05) is 30.3 Å². The van der Waals surface area contributed by atoms with E-state index in [-0.39, 0.29) is 0 Å². The predicted molar refractivity (Wildman–Crippen MR) is 87.3 cm³/mol. The van der Waals surface area contributed by atoms with E-state index in [1.54, 1.807) is 0 Å². The number of H-pyrrole nitrogens is 1. The minimum Gasteiger partial charge on any atom is -0.310 e. The monoisotopic (exact) mass is 303 g/mol. The first-order valence-corrected chi connectivity index (χ1v) is 8.55. The summed E-state index contributed by atoms with van der Waals surface area (Å²) in [6.07, 6.45) is 0. The smallest absolute Gasteiger partial charge is 0.117 e. The molecule has 0 unspecified atom stereocenters. The molecule has 1 fully saturated rings. The van der Waals surface area contributed by atoms with Crippen LogP contribution in [0.1, 0.15) is 5.69 Å². The van der Waals surface area contributed by atoms with Gasteiger partial charge in [0, 0.05) is 49.8 Å². The average Bonchev–Trinajstić information content (AvgIpc) is 3.02. The summed E-state index contributed by atoms with van der Waals surface area (Å²) in [5, 5.41) is 14.7. The molecule has 0 bridgehead atoms. The Morgan fingerprint density at radius 3 is 2.76 bits per heavy atom. The number of aromatic nitrogens is 3. The van der Waals surface area contributed by atoms with E-state index in [0.717, 1.165) is 36.6 Å². The molecule has 0 amide bonds. The summed E-state index contributed by atoms with van der Waals surface area (Å²) < 4.78 is 0. The second-order valence-electron chi connectivity index (χ2n) is 5.12. The fourth-order valence-corrected chi connectivity index (χ4v) is 3.45. The Balaban J connectivity index is 1.49. The quantitative estimate of drug-likeness (QED) is 0.794. The number of nitrogens with zero attached hydrogens (tertiary/aromatic N) is 3. The molecule has 5 nitrogen and oxygen atoms in total. The highest BCUT2D eigenvalue weighted by Gasteiger charge is 2.11. The fourth-order valence-electron chi connectivity index (χ4n) is 2.47. The van der Waals surface area contributed by atoms with Crippen molar-refractivity contribution < 1.29 is 0 Å². The van der Waals surface area contributed by atoms with Gasteiger partial charge in [-0.3, -0.25) is 0 Å². The summed E-state index contributed by atoms with van der Waals surface area (Å²) in [6, 6.07) is 10.2. The molecule has 1 aromatic carbocycles. The van der Waals surface area contributed by atoms with Gasteiger partial charge < -0.3 is 10.2 Å². The molecule has 0 aliphatic carbocycles. The third kappa shape index (κ3) is 4.06. The van der Waals surface area contributed by atoms with Crippen LogP contribution in [0.4, 0.5) is 0 Å². The second kappa shape index (κ2) is 7.59. The van der Waals surface area contributed by atoms with Crippen molar-refractivity contribution in [1.29, 1.82) is 0 Å². The molecule has 0 atom stereocenters. The van der Waals surface area contributed by atoms with Crippen LogP contribution in [-0.2, 0) is 6.54 Å². The van der Waals surface area contributed by atoms with Crippen LogP contribution in [0.3, 0.4) is 0 Å². The number of rotatable bonds is 6. The lowest BCUT2D eigenvalue weighted by atomic mass is 10.1. The van der Waals surface area contributed by atoms with E-state index in [0.29, 0.717) is 0 Å². The topological polar surface area (TPSA) is 56.8 Å². The maximum atomic E-state index is 4.27. The van der Waals surface area contributed by atoms with Crippen molar-refractivity contribution in [2.45, 2.75) is 6.54 Å². The minimum absolute atomic E-state index is 0.753. The number of nitrogens with one attached hydrogen (secondary N) is 2. The number of aromatic amines is 1. The molecular weight excluding hydrogens is 282 g/mol. The third-order valence-corrected chi connectivity index (χ3v) is 4.61. The number of benzene rings is 1. The van der Waals surface area contributed by atoms with Crippen LogP contribution >= 0.6 is 11.8 Å². The Bertz CT molecular complexity index is 536. The van der Waals surface area contributed by atoms with E-state index in [1.165, 1.54) is 24.6 Å². The summed E-state index contributed by atoms with van der Waals surface area (Å²) in [7, 11) is 0. The van der Waals surface area contributed by atoms with Gasteiger partial charge in [-0.2, -0.15) is 27.2 Å². The average molecular weight is 303 g/mol. The van der Waals surface area contributed by atoms with Gasteiger partial charge in [-0.05, 0) is 0 Å². The van der Waals surface area contributed by atoms with Crippen molar-refractivity contribution in [3.63, 3.8) is 0 Å². The van der Waals surface area contributed by atoms with Gasteiger partial charge in [0.2, 0.25) is 0 Å². The minimum atomic E-state index is 0.753. The van der Waals surface area contributed by atoms with Crippen LogP contribution in [-0.4, -0.2) is 58.0 Å². The van der Waals surface area contributed by atoms with E-state index in [4.69, 9.17) is 0 Å². The van der Waals surface area contributed by atoms with Gasteiger partial charge in [-0.25, -0.2) is 0 Å². The van der Waals surface area contributed by atoms with Crippen LogP contribution in [0, 0.1) is 0 Å². The highest BCUT2D eigenvalue weighted by Crippen LogP contribution is 2.18. The summed E-state index contributed by atoms with van der Waals surface area (Å²) in [6.45, 7) is 5.28. The van der Waals surface area contributed by atoms with E-state index >= 15 is 0 Å². The van der Waals surface area contributed by atoms with Crippen LogP contribution < -0.4 is 5.32 Å². The van der Waals surface area contributed by atoms with Crippen molar-refractivity contribution in [2.75, 3.05) is 37.7 Å². The molecule has 0 spiro atoms. The first kappa shape index (κ1) is 14.6. The van der Waals surface area contributed by atoms with Crippen molar-refractivity contribution in [1.82, 2.24) is 25.6 Å².